The lowest BCUT2D eigenvalue weighted by molar-refractivity contribution is 0.173. The molecular formula is C22H37N7O. The summed E-state index contributed by atoms with van der Waals surface area (Å²) in [6.07, 6.45) is 1.06. The van der Waals surface area contributed by atoms with Crippen molar-refractivity contribution in [1.82, 2.24) is 30.7 Å². The zero-order valence-corrected chi connectivity index (χ0v) is 19.2. The molecule has 0 bridgehead atoms. The lowest BCUT2D eigenvalue weighted by atomic mass is 10.2. The minimum atomic E-state index is 0.433. The number of hydrogen-bond donors (Lipinski definition) is 3. The zero-order valence-electron chi connectivity index (χ0n) is 19.2. The maximum atomic E-state index is 5.19. The van der Waals surface area contributed by atoms with E-state index in [2.05, 4.69) is 70.3 Å². The molecule has 0 aliphatic heterocycles. The Hall–Kier alpha value is -2.61. The molecule has 3 N–H and O–H groups in total. The van der Waals surface area contributed by atoms with Gasteiger partial charge in [-0.3, -0.25) is 10.00 Å². The summed E-state index contributed by atoms with van der Waals surface area (Å²) in [5.41, 5.74) is 0.937. The number of H-pyrrole nitrogens is 1. The number of benzene rings is 1. The van der Waals surface area contributed by atoms with Crippen LogP contribution in [0.5, 0.6) is 5.75 Å². The number of aromatic amines is 1. The Kier molecular flexibility index (Phi) is 9.60. The molecule has 2 aromatic rings. The van der Waals surface area contributed by atoms with E-state index in [1.165, 1.54) is 0 Å². The van der Waals surface area contributed by atoms with E-state index in [1.54, 1.807) is 7.11 Å². The van der Waals surface area contributed by atoms with E-state index in [9.17, 15) is 0 Å². The predicted molar refractivity (Wildman–Crippen MR) is 123 cm³/mol. The minimum absolute atomic E-state index is 0.433. The van der Waals surface area contributed by atoms with Crippen molar-refractivity contribution < 1.29 is 4.74 Å². The van der Waals surface area contributed by atoms with Crippen LogP contribution >= 0.6 is 0 Å². The first kappa shape index (κ1) is 23.7. The Morgan fingerprint density at radius 1 is 1.13 bits per heavy atom. The number of guanidine groups is 1. The number of ether oxygens (including phenoxy) is 1. The summed E-state index contributed by atoms with van der Waals surface area (Å²) in [5, 5.41) is 14.0. The summed E-state index contributed by atoms with van der Waals surface area (Å²) in [7, 11) is 1.65. The van der Waals surface area contributed by atoms with Crippen LogP contribution in [-0.4, -0.2) is 64.9 Å². The van der Waals surface area contributed by atoms with Gasteiger partial charge in [0.1, 0.15) is 18.1 Å². The molecule has 0 saturated carbocycles. The maximum Gasteiger partial charge on any atom is 0.191 e. The Bertz CT molecular complexity index is 760. The lowest BCUT2D eigenvalue weighted by Crippen LogP contribution is -2.41. The normalized spacial score (nSPS) is 12.1. The molecule has 0 amide bonds. The molecule has 0 unspecified atom stereocenters. The van der Waals surface area contributed by atoms with Crippen molar-refractivity contribution in [2.75, 3.05) is 26.7 Å². The smallest absolute Gasteiger partial charge is 0.191 e. The third kappa shape index (κ3) is 7.33. The molecule has 166 valence electrons. The standard InChI is InChI=1S/C22H37N7O/c1-7-23-22(24-13-8-14-29(16(2)3)17(4)5)25-15-20-26-21(28-27-20)18-9-11-19(30-6)12-10-18/h9-12,16-17H,7-8,13-15H2,1-6H3,(H2,23,24,25)(H,26,27,28). The van der Waals surface area contributed by atoms with Crippen LogP contribution in [0.4, 0.5) is 0 Å². The largest absolute Gasteiger partial charge is 0.497 e. The Balaban J connectivity index is 1.89. The average molecular weight is 416 g/mol. The van der Waals surface area contributed by atoms with Crippen LogP contribution in [0.1, 0.15) is 46.9 Å². The summed E-state index contributed by atoms with van der Waals surface area (Å²) < 4.78 is 5.19. The number of nitrogens with one attached hydrogen (secondary N) is 3. The number of methoxy groups -OCH3 is 1. The van der Waals surface area contributed by atoms with E-state index in [1.807, 2.05) is 24.3 Å². The van der Waals surface area contributed by atoms with Gasteiger partial charge in [0.25, 0.3) is 0 Å². The molecule has 8 heteroatoms. The van der Waals surface area contributed by atoms with Crippen LogP contribution in [0.2, 0.25) is 0 Å². The van der Waals surface area contributed by atoms with E-state index in [0.29, 0.717) is 24.5 Å². The van der Waals surface area contributed by atoms with Gasteiger partial charge in [0.2, 0.25) is 0 Å². The van der Waals surface area contributed by atoms with E-state index < -0.39 is 0 Å². The highest BCUT2D eigenvalue weighted by atomic mass is 16.5. The van der Waals surface area contributed by atoms with Crippen LogP contribution in [0.15, 0.2) is 29.3 Å². The van der Waals surface area contributed by atoms with Crippen molar-refractivity contribution in [2.24, 2.45) is 4.99 Å². The van der Waals surface area contributed by atoms with E-state index >= 15 is 0 Å². The molecule has 0 saturated heterocycles. The second kappa shape index (κ2) is 12.2. The van der Waals surface area contributed by atoms with E-state index in [-0.39, 0.29) is 0 Å². The average Bonchev–Trinajstić information content (AvgIpc) is 3.20. The molecule has 0 aliphatic rings. The molecule has 1 aromatic heterocycles. The zero-order chi connectivity index (χ0) is 21.9. The first-order valence-corrected chi connectivity index (χ1v) is 10.8. The first-order valence-electron chi connectivity index (χ1n) is 10.8. The van der Waals surface area contributed by atoms with Gasteiger partial charge in [-0.1, -0.05) is 0 Å². The van der Waals surface area contributed by atoms with Gasteiger partial charge >= 0.3 is 0 Å². The maximum absolute atomic E-state index is 5.19. The molecular weight excluding hydrogens is 378 g/mol. The minimum Gasteiger partial charge on any atom is -0.497 e. The van der Waals surface area contributed by atoms with Crippen LogP contribution in [0, 0.1) is 0 Å². The van der Waals surface area contributed by atoms with Gasteiger partial charge in [-0.05, 0) is 65.3 Å². The number of aromatic nitrogens is 3. The highest BCUT2D eigenvalue weighted by molar-refractivity contribution is 5.79. The Morgan fingerprint density at radius 2 is 1.83 bits per heavy atom. The summed E-state index contributed by atoms with van der Waals surface area (Å²) in [6.45, 7) is 14.2. The second-order valence-corrected chi connectivity index (χ2v) is 7.74. The van der Waals surface area contributed by atoms with Crippen LogP contribution in [0.25, 0.3) is 11.4 Å². The highest BCUT2D eigenvalue weighted by Gasteiger charge is 2.12. The van der Waals surface area contributed by atoms with Crippen molar-refractivity contribution >= 4 is 5.96 Å². The third-order valence-electron chi connectivity index (χ3n) is 4.82. The van der Waals surface area contributed by atoms with Crippen molar-refractivity contribution in [2.45, 2.75) is 59.7 Å². The highest BCUT2D eigenvalue weighted by Crippen LogP contribution is 2.19. The fraction of sp³-hybridized carbons (Fsp3) is 0.591. The monoisotopic (exact) mass is 415 g/mol. The fourth-order valence-electron chi connectivity index (χ4n) is 3.31. The number of hydrogen-bond acceptors (Lipinski definition) is 5. The Labute approximate surface area is 180 Å². The van der Waals surface area contributed by atoms with Crippen LogP contribution < -0.4 is 15.4 Å². The molecule has 0 radical (unpaired) electrons. The van der Waals surface area contributed by atoms with E-state index in [0.717, 1.165) is 49.2 Å². The summed E-state index contributed by atoms with van der Waals surface area (Å²) in [5.74, 6) is 2.98. The molecule has 8 nitrogen and oxygen atoms in total. The molecule has 1 heterocycles. The first-order chi connectivity index (χ1) is 14.4. The van der Waals surface area contributed by atoms with Crippen molar-refractivity contribution in [1.29, 1.82) is 0 Å². The fourth-order valence-corrected chi connectivity index (χ4v) is 3.31. The van der Waals surface area contributed by atoms with Crippen LogP contribution in [0.3, 0.4) is 0 Å². The van der Waals surface area contributed by atoms with Crippen molar-refractivity contribution in [3.8, 4) is 17.1 Å². The van der Waals surface area contributed by atoms with E-state index in [4.69, 9.17) is 4.74 Å². The molecule has 0 aliphatic carbocycles. The summed E-state index contributed by atoms with van der Waals surface area (Å²) >= 11 is 0. The van der Waals surface area contributed by atoms with Gasteiger partial charge in [-0.15, -0.1) is 0 Å². The quantitative estimate of drug-likeness (QED) is 0.297. The molecule has 2 rings (SSSR count). The van der Waals surface area contributed by atoms with Crippen molar-refractivity contribution in [3.63, 3.8) is 0 Å². The van der Waals surface area contributed by atoms with Crippen molar-refractivity contribution in [3.05, 3.63) is 30.1 Å². The molecule has 30 heavy (non-hydrogen) atoms. The SMILES string of the molecule is CCNC(=NCc1nc(-c2ccc(OC)cc2)n[nH]1)NCCCN(C(C)C)C(C)C. The number of rotatable bonds is 11. The molecule has 0 atom stereocenters. The van der Waals surface area contributed by atoms with Gasteiger partial charge in [-0.25, -0.2) is 9.98 Å². The number of nitrogens with zero attached hydrogens (tertiary/aromatic N) is 4. The third-order valence-corrected chi connectivity index (χ3v) is 4.82. The van der Waals surface area contributed by atoms with Gasteiger partial charge in [0.15, 0.2) is 11.8 Å². The molecule has 1 aromatic carbocycles. The van der Waals surface area contributed by atoms with Gasteiger partial charge in [0.05, 0.1) is 7.11 Å². The second-order valence-electron chi connectivity index (χ2n) is 7.74. The lowest BCUT2D eigenvalue weighted by Gasteiger charge is -2.30. The summed E-state index contributed by atoms with van der Waals surface area (Å²) in [4.78, 5) is 11.7. The van der Waals surface area contributed by atoms with Gasteiger partial charge in [-0.2, -0.15) is 5.10 Å². The summed E-state index contributed by atoms with van der Waals surface area (Å²) in [6, 6.07) is 8.79. The van der Waals surface area contributed by atoms with Crippen LogP contribution in [-0.2, 0) is 6.54 Å². The van der Waals surface area contributed by atoms with Gasteiger partial charge < -0.3 is 15.4 Å². The topological polar surface area (TPSA) is 90.5 Å². The van der Waals surface area contributed by atoms with Gasteiger partial charge in [0, 0.05) is 37.3 Å². The number of aliphatic imine (C=N–C) groups is 1. The Morgan fingerprint density at radius 3 is 2.43 bits per heavy atom. The molecule has 0 spiro atoms. The molecule has 0 fully saturated rings. The predicted octanol–water partition coefficient (Wildman–Crippen LogP) is 3.04.